The summed E-state index contributed by atoms with van der Waals surface area (Å²) in [6.07, 6.45) is 3.95. The minimum absolute atomic E-state index is 0.192. The number of pyridine rings is 2. The molecule has 8 nitrogen and oxygen atoms in total. The Labute approximate surface area is 198 Å². The van der Waals surface area contributed by atoms with Gasteiger partial charge in [-0.25, -0.2) is 9.67 Å². The summed E-state index contributed by atoms with van der Waals surface area (Å²) < 4.78 is 40.4. The molecule has 3 heterocycles. The third kappa shape index (κ3) is 5.13. The number of amides is 1. The molecule has 0 atom stereocenters. The van der Waals surface area contributed by atoms with Crippen molar-refractivity contribution in [3.05, 3.63) is 77.9 Å². The van der Waals surface area contributed by atoms with Gasteiger partial charge in [-0.15, -0.1) is 5.10 Å². The molecule has 2 N–H and O–H groups in total. The number of nitrogens with zero attached hydrogens (tertiary/aromatic N) is 5. The molecule has 1 aliphatic carbocycles. The lowest BCUT2D eigenvalue weighted by molar-refractivity contribution is -0.137. The van der Waals surface area contributed by atoms with E-state index >= 15 is 0 Å². The fourth-order valence-electron chi connectivity index (χ4n) is 3.50. The van der Waals surface area contributed by atoms with Crippen molar-refractivity contribution in [2.45, 2.75) is 32.0 Å². The topological polar surface area (TPSA) is 97.6 Å². The lowest BCUT2D eigenvalue weighted by atomic mass is 10.1. The fraction of sp³-hybridized carbons (Fsp3) is 0.208. The Morgan fingerprint density at radius 1 is 1.11 bits per heavy atom. The third-order valence-corrected chi connectivity index (χ3v) is 5.52. The second kappa shape index (κ2) is 8.82. The van der Waals surface area contributed by atoms with Crippen molar-refractivity contribution in [2.75, 3.05) is 10.6 Å². The average Bonchev–Trinajstić information content (AvgIpc) is 3.50. The zero-order valence-corrected chi connectivity index (χ0v) is 18.5. The SMILES string of the molecule is Cc1ccc(C(=O)Nc2cc(C(F)(F)F)ccn2)cc1-n1cc(-c2cncc(NC3CC3)c2)nn1. The van der Waals surface area contributed by atoms with Gasteiger partial charge in [0, 0.05) is 35.8 Å². The van der Waals surface area contributed by atoms with E-state index in [1.807, 2.05) is 13.0 Å². The van der Waals surface area contributed by atoms with E-state index in [9.17, 15) is 18.0 Å². The van der Waals surface area contributed by atoms with Crippen molar-refractivity contribution in [2.24, 2.45) is 0 Å². The van der Waals surface area contributed by atoms with Crippen LogP contribution in [-0.4, -0.2) is 36.9 Å². The van der Waals surface area contributed by atoms with Gasteiger partial charge < -0.3 is 10.6 Å². The summed E-state index contributed by atoms with van der Waals surface area (Å²) in [4.78, 5) is 20.8. The first-order chi connectivity index (χ1) is 16.8. The molecule has 1 fully saturated rings. The maximum Gasteiger partial charge on any atom is 0.416 e. The largest absolute Gasteiger partial charge is 0.416 e. The highest BCUT2D eigenvalue weighted by Crippen LogP contribution is 2.30. The van der Waals surface area contributed by atoms with Crippen molar-refractivity contribution in [3.8, 4) is 16.9 Å². The summed E-state index contributed by atoms with van der Waals surface area (Å²) in [7, 11) is 0. The van der Waals surface area contributed by atoms with Crippen LogP contribution in [0.5, 0.6) is 0 Å². The molecule has 1 saturated carbocycles. The van der Waals surface area contributed by atoms with Crippen LogP contribution in [0.3, 0.4) is 0 Å². The molecule has 35 heavy (non-hydrogen) atoms. The van der Waals surface area contributed by atoms with E-state index in [4.69, 9.17) is 0 Å². The third-order valence-electron chi connectivity index (χ3n) is 5.52. The number of rotatable bonds is 6. The smallest absolute Gasteiger partial charge is 0.381 e. The molecule has 178 valence electrons. The Hall–Kier alpha value is -4.28. The molecule has 0 radical (unpaired) electrons. The molecule has 1 aliphatic rings. The van der Waals surface area contributed by atoms with E-state index in [2.05, 4.69) is 30.9 Å². The van der Waals surface area contributed by atoms with Gasteiger partial charge in [0.2, 0.25) is 0 Å². The van der Waals surface area contributed by atoms with Crippen LogP contribution >= 0.6 is 0 Å². The molecule has 0 bridgehead atoms. The number of alkyl halides is 3. The summed E-state index contributed by atoms with van der Waals surface area (Å²) in [5.74, 6) is -0.788. The standard InChI is InChI=1S/C24H20F3N7O/c1-14-2-3-15(23(35)31-22-10-17(6-7-29-22)24(25,26)27)9-21(14)34-13-20(32-33-34)16-8-19(12-28-11-16)30-18-4-5-18/h2-3,6-13,18,30H,4-5H2,1H3,(H,29,31,35). The van der Waals surface area contributed by atoms with E-state index in [1.54, 1.807) is 41.5 Å². The Balaban J connectivity index is 1.37. The van der Waals surface area contributed by atoms with Crippen LogP contribution in [0.25, 0.3) is 16.9 Å². The number of benzene rings is 1. The van der Waals surface area contributed by atoms with Crippen molar-refractivity contribution in [1.29, 1.82) is 0 Å². The van der Waals surface area contributed by atoms with Gasteiger partial charge in [0.25, 0.3) is 5.91 Å². The number of halogens is 3. The molecule has 0 unspecified atom stereocenters. The maximum atomic E-state index is 13.0. The second-order valence-corrected chi connectivity index (χ2v) is 8.31. The Kier molecular flexibility index (Phi) is 5.67. The predicted molar refractivity (Wildman–Crippen MR) is 123 cm³/mol. The van der Waals surface area contributed by atoms with Gasteiger partial charge in [-0.05, 0) is 55.7 Å². The quantitative estimate of drug-likeness (QED) is 0.409. The Morgan fingerprint density at radius 2 is 1.94 bits per heavy atom. The Morgan fingerprint density at radius 3 is 2.71 bits per heavy atom. The first-order valence-corrected chi connectivity index (χ1v) is 10.9. The van der Waals surface area contributed by atoms with Gasteiger partial charge >= 0.3 is 6.18 Å². The molecule has 4 aromatic rings. The summed E-state index contributed by atoms with van der Waals surface area (Å²) in [6, 6.07) is 8.99. The van der Waals surface area contributed by atoms with E-state index in [-0.39, 0.29) is 11.4 Å². The molecule has 1 amide bonds. The molecule has 0 aliphatic heterocycles. The van der Waals surface area contributed by atoms with Gasteiger partial charge in [-0.2, -0.15) is 13.2 Å². The van der Waals surface area contributed by atoms with Crippen molar-refractivity contribution >= 4 is 17.4 Å². The van der Waals surface area contributed by atoms with Crippen molar-refractivity contribution in [3.63, 3.8) is 0 Å². The summed E-state index contributed by atoms with van der Waals surface area (Å²) >= 11 is 0. The number of carbonyl (C=O) groups excluding carboxylic acids is 1. The van der Waals surface area contributed by atoms with Crippen molar-refractivity contribution < 1.29 is 18.0 Å². The number of aromatic nitrogens is 5. The van der Waals surface area contributed by atoms with E-state index in [1.165, 1.54) is 0 Å². The summed E-state index contributed by atoms with van der Waals surface area (Å²) in [5.41, 5.74) is 3.10. The maximum absolute atomic E-state index is 13.0. The van der Waals surface area contributed by atoms with Crippen molar-refractivity contribution in [1.82, 2.24) is 25.0 Å². The Bertz CT molecular complexity index is 1400. The number of aryl methyl sites for hydroxylation is 1. The molecule has 11 heteroatoms. The minimum Gasteiger partial charge on any atom is -0.381 e. The molecular formula is C24H20F3N7O. The van der Waals surface area contributed by atoms with Crippen LogP contribution < -0.4 is 10.6 Å². The highest BCUT2D eigenvalue weighted by atomic mass is 19.4. The van der Waals surface area contributed by atoms with Gasteiger partial charge in [0.1, 0.15) is 11.5 Å². The fourth-order valence-corrected chi connectivity index (χ4v) is 3.50. The normalized spacial score (nSPS) is 13.5. The summed E-state index contributed by atoms with van der Waals surface area (Å²) in [5, 5.41) is 14.3. The van der Waals surface area contributed by atoms with E-state index in [0.29, 0.717) is 17.4 Å². The van der Waals surface area contributed by atoms with Gasteiger partial charge in [0.05, 0.1) is 23.1 Å². The number of nitrogens with one attached hydrogen (secondary N) is 2. The number of hydrogen-bond donors (Lipinski definition) is 2. The number of carbonyl (C=O) groups is 1. The van der Waals surface area contributed by atoms with Crippen LogP contribution in [0.2, 0.25) is 0 Å². The highest BCUT2D eigenvalue weighted by Gasteiger charge is 2.31. The predicted octanol–water partition coefficient (Wildman–Crippen LogP) is 4.88. The van der Waals surface area contributed by atoms with Gasteiger partial charge in [-0.3, -0.25) is 9.78 Å². The van der Waals surface area contributed by atoms with Gasteiger partial charge in [0.15, 0.2) is 0 Å². The van der Waals surface area contributed by atoms with E-state index in [0.717, 1.165) is 48.0 Å². The lowest BCUT2D eigenvalue weighted by Crippen LogP contribution is -2.15. The van der Waals surface area contributed by atoms with E-state index < -0.39 is 17.6 Å². The minimum atomic E-state index is -4.53. The molecule has 0 saturated heterocycles. The first-order valence-electron chi connectivity index (χ1n) is 10.9. The highest BCUT2D eigenvalue weighted by molar-refractivity contribution is 6.04. The van der Waals surface area contributed by atoms with Crippen LogP contribution in [0, 0.1) is 6.92 Å². The van der Waals surface area contributed by atoms with Crippen LogP contribution in [-0.2, 0) is 6.18 Å². The van der Waals surface area contributed by atoms with Crippen LogP contribution in [0.4, 0.5) is 24.7 Å². The zero-order valence-electron chi connectivity index (χ0n) is 18.5. The van der Waals surface area contributed by atoms with Crippen LogP contribution in [0.15, 0.2) is 61.2 Å². The molecule has 0 spiro atoms. The molecule has 1 aromatic carbocycles. The molecule has 3 aromatic heterocycles. The van der Waals surface area contributed by atoms with Crippen LogP contribution in [0.1, 0.15) is 34.3 Å². The number of anilines is 2. The van der Waals surface area contributed by atoms with Gasteiger partial charge in [-0.1, -0.05) is 11.3 Å². The number of hydrogen-bond acceptors (Lipinski definition) is 6. The first kappa shape index (κ1) is 22.5. The zero-order chi connectivity index (χ0) is 24.6. The second-order valence-electron chi connectivity index (χ2n) is 8.31. The molecular weight excluding hydrogens is 459 g/mol. The summed E-state index contributed by atoms with van der Waals surface area (Å²) in [6.45, 7) is 1.86. The monoisotopic (exact) mass is 479 g/mol. The molecule has 5 rings (SSSR count). The average molecular weight is 479 g/mol. The lowest BCUT2D eigenvalue weighted by Gasteiger charge is -2.11.